The summed E-state index contributed by atoms with van der Waals surface area (Å²) in [4.78, 5) is 25.4. The molecule has 4 aromatic rings. The number of hydrogen-bond acceptors (Lipinski definition) is 4. The molecule has 0 aliphatic carbocycles. The number of fused-ring (bicyclic) bond motifs is 1. The number of aryl methyl sites for hydroxylation is 1. The predicted octanol–water partition coefficient (Wildman–Crippen LogP) is 6.19. The van der Waals surface area contributed by atoms with Crippen LogP contribution in [0, 0.1) is 6.92 Å². The third-order valence-corrected chi connectivity index (χ3v) is 5.60. The van der Waals surface area contributed by atoms with E-state index in [1.54, 1.807) is 55.5 Å². The Labute approximate surface area is 193 Å². The van der Waals surface area contributed by atoms with E-state index >= 15 is 0 Å². The Kier molecular flexibility index (Phi) is 6.08. The number of anilines is 2. The van der Waals surface area contributed by atoms with E-state index in [0.717, 1.165) is 0 Å². The van der Waals surface area contributed by atoms with Crippen molar-refractivity contribution in [3.05, 3.63) is 87.6 Å². The summed E-state index contributed by atoms with van der Waals surface area (Å²) in [7, 11) is 0. The van der Waals surface area contributed by atoms with Crippen LogP contribution in [0.1, 0.15) is 21.7 Å². The largest absolute Gasteiger partial charge is 0.506 e. The van der Waals surface area contributed by atoms with E-state index < -0.39 is 5.91 Å². The second-order valence-corrected chi connectivity index (χ2v) is 7.93. The average molecular weight is 469 g/mol. The number of furan rings is 1. The number of hydrogen-bond donors (Lipinski definition) is 3. The maximum atomic E-state index is 12.8. The molecule has 32 heavy (non-hydrogen) atoms. The van der Waals surface area contributed by atoms with Crippen molar-refractivity contribution in [3.63, 3.8) is 0 Å². The van der Waals surface area contributed by atoms with Gasteiger partial charge in [0, 0.05) is 10.9 Å². The fourth-order valence-electron chi connectivity index (χ4n) is 3.44. The number of phenolic OH excluding ortho intramolecular Hbond substituents is 1. The van der Waals surface area contributed by atoms with Gasteiger partial charge in [-0.25, -0.2) is 0 Å². The number of carbonyl (C=O) groups is 2. The summed E-state index contributed by atoms with van der Waals surface area (Å²) in [5, 5.41) is 16.5. The van der Waals surface area contributed by atoms with Crippen LogP contribution in [-0.2, 0) is 11.2 Å². The molecular formula is C24H18Cl2N2O4. The second-order valence-electron chi connectivity index (χ2n) is 7.11. The van der Waals surface area contributed by atoms with Crippen molar-refractivity contribution in [2.75, 3.05) is 10.6 Å². The molecule has 162 valence electrons. The van der Waals surface area contributed by atoms with Crippen LogP contribution in [0.25, 0.3) is 11.0 Å². The Morgan fingerprint density at radius 2 is 1.56 bits per heavy atom. The van der Waals surface area contributed by atoms with Crippen LogP contribution in [-0.4, -0.2) is 16.9 Å². The number of phenols is 1. The third-order valence-electron chi connectivity index (χ3n) is 4.97. The van der Waals surface area contributed by atoms with E-state index in [9.17, 15) is 14.7 Å². The van der Waals surface area contributed by atoms with E-state index in [2.05, 4.69) is 10.6 Å². The number of amides is 2. The highest BCUT2D eigenvalue weighted by Crippen LogP contribution is 2.33. The zero-order valence-corrected chi connectivity index (χ0v) is 18.4. The molecular weight excluding hydrogens is 451 g/mol. The van der Waals surface area contributed by atoms with Crippen LogP contribution in [0.3, 0.4) is 0 Å². The zero-order valence-electron chi connectivity index (χ0n) is 16.9. The predicted molar refractivity (Wildman–Crippen MR) is 126 cm³/mol. The summed E-state index contributed by atoms with van der Waals surface area (Å²) < 4.78 is 5.89. The molecule has 6 nitrogen and oxygen atoms in total. The van der Waals surface area contributed by atoms with Crippen molar-refractivity contribution >= 4 is 57.4 Å². The fraction of sp³-hybridized carbons (Fsp3) is 0.0833. The summed E-state index contributed by atoms with van der Waals surface area (Å²) >= 11 is 12.3. The van der Waals surface area contributed by atoms with Gasteiger partial charge in [-0.2, -0.15) is 0 Å². The van der Waals surface area contributed by atoms with E-state index in [1.807, 2.05) is 6.07 Å². The van der Waals surface area contributed by atoms with Crippen LogP contribution in [0.4, 0.5) is 11.4 Å². The van der Waals surface area contributed by atoms with Gasteiger partial charge in [0.05, 0.1) is 33.4 Å². The van der Waals surface area contributed by atoms with Gasteiger partial charge >= 0.3 is 0 Å². The molecule has 0 aliphatic rings. The Bertz CT molecular complexity index is 1330. The molecule has 0 radical (unpaired) electrons. The zero-order chi connectivity index (χ0) is 22.8. The molecule has 0 saturated carbocycles. The maximum Gasteiger partial charge on any atom is 0.258 e. The minimum atomic E-state index is -0.471. The number of benzene rings is 3. The van der Waals surface area contributed by atoms with Crippen molar-refractivity contribution < 1.29 is 19.1 Å². The molecule has 3 aromatic carbocycles. The normalized spacial score (nSPS) is 10.8. The van der Waals surface area contributed by atoms with Crippen molar-refractivity contribution in [3.8, 4) is 5.75 Å². The molecule has 0 atom stereocenters. The highest BCUT2D eigenvalue weighted by molar-refractivity contribution is 6.40. The SMILES string of the molecule is Cc1oc2c(NC(=O)c3c(Cl)cccc3Cl)cccc2c1CC(=O)Nc1ccccc1O. The lowest BCUT2D eigenvalue weighted by Crippen LogP contribution is -2.15. The highest BCUT2D eigenvalue weighted by Gasteiger charge is 2.20. The van der Waals surface area contributed by atoms with Gasteiger partial charge in [-0.3, -0.25) is 9.59 Å². The first-order valence-corrected chi connectivity index (χ1v) is 10.4. The van der Waals surface area contributed by atoms with Gasteiger partial charge in [0.15, 0.2) is 5.58 Å². The van der Waals surface area contributed by atoms with E-state index in [-0.39, 0.29) is 33.7 Å². The summed E-state index contributed by atoms with van der Waals surface area (Å²) in [5.74, 6) is -0.252. The second kappa shape index (κ2) is 8.94. The van der Waals surface area contributed by atoms with Crippen LogP contribution < -0.4 is 10.6 Å². The highest BCUT2D eigenvalue weighted by atomic mass is 35.5. The van der Waals surface area contributed by atoms with Crippen molar-refractivity contribution in [2.24, 2.45) is 0 Å². The van der Waals surface area contributed by atoms with Gasteiger partial charge in [0.25, 0.3) is 5.91 Å². The molecule has 4 rings (SSSR count). The Hall–Kier alpha value is -3.48. The molecule has 0 spiro atoms. The lowest BCUT2D eigenvalue weighted by molar-refractivity contribution is -0.115. The van der Waals surface area contributed by atoms with Gasteiger partial charge in [-0.1, -0.05) is 53.5 Å². The molecule has 0 fully saturated rings. The molecule has 1 aromatic heterocycles. The molecule has 2 amide bonds. The number of halogens is 2. The van der Waals surface area contributed by atoms with Crippen LogP contribution in [0.15, 0.2) is 65.1 Å². The number of nitrogens with one attached hydrogen (secondary N) is 2. The topological polar surface area (TPSA) is 91.6 Å². The third kappa shape index (κ3) is 4.28. The molecule has 0 unspecified atom stereocenters. The van der Waals surface area contributed by atoms with Crippen LogP contribution in [0.5, 0.6) is 5.75 Å². The van der Waals surface area contributed by atoms with E-state index in [0.29, 0.717) is 33.7 Å². The monoisotopic (exact) mass is 468 g/mol. The Morgan fingerprint density at radius 3 is 2.28 bits per heavy atom. The van der Waals surface area contributed by atoms with Gasteiger partial charge in [-0.05, 0) is 37.3 Å². The van der Waals surface area contributed by atoms with Gasteiger partial charge in [0.1, 0.15) is 11.5 Å². The smallest absolute Gasteiger partial charge is 0.258 e. The molecule has 0 saturated heterocycles. The van der Waals surface area contributed by atoms with Gasteiger partial charge in [-0.15, -0.1) is 0 Å². The van der Waals surface area contributed by atoms with Crippen LogP contribution >= 0.6 is 23.2 Å². The lowest BCUT2D eigenvalue weighted by Gasteiger charge is -2.09. The first-order valence-electron chi connectivity index (χ1n) is 9.69. The standard InChI is InChI=1S/C24H18Cl2N2O4/c1-13-15(12-21(30)27-18-9-2-3-11-20(18)29)14-6-4-10-19(23(14)32-13)28-24(31)22-16(25)7-5-8-17(22)26/h2-11,29H,12H2,1H3,(H,27,30)(H,28,31). The first kappa shape index (κ1) is 21.7. The summed E-state index contributed by atoms with van der Waals surface area (Å²) in [6, 6.07) is 16.6. The van der Waals surface area contributed by atoms with E-state index in [4.69, 9.17) is 27.6 Å². The minimum Gasteiger partial charge on any atom is -0.506 e. The average Bonchev–Trinajstić information content (AvgIpc) is 3.06. The van der Waals surface area contributed by atoms with Crippen LogP contribution in [0.2, 0.25) is 10.0 Å². The summed E-state index contributed by atoms with van der Waals surface area (Å²) in [6.07, 6.45) is 0.0287. The molecule has 8 heteroatoms. The first-order chi connectivity index (χ1) is 15.3. The quantitative estimate of drug-likeness (QED) is 0.304. The molecule has 0 bridgehead atoms. The maximum absolute atomic E-state index is 12.8. The number of carbonyl (C=O) groups excluding carboxylic acids is 2. The minimum absolute atomic E-state index is 0.0159. The van der Waals surface area contributed by atoms with Crippen molar-refractivity contribution in [2.45, 2.75) is 13.3 Å². The molecule has 3 N–H and O–H groups in total. The molecule has 1 heterocycles. The van der Waals surface area contributed by atoms with Gasteiger partial charge in [0.2, 0.25) is 5.91 Å². The Morgan fingerprint density at radius 1 is 0.906 bits per heavy atom. The fourth-order valence-corrected chi connectivity index (χ4v) is 4.01. The number of rotatable bonds is 5. The number of aromatic hydroxyl groups is 1. The molecule has 0 aliphatic heterocycles. The van der Waals surface area contributed by atoms with Gasteiger partial charge < -0.3 is 20.2 Å². The summed E-state index contributed by atoms with van der Waals surface area (Å²) in [6.45, 7) is 1.75. The number of para-hydroxylation sites is 3. The summed E-state index contributed by atoms with van der Waals surface area (Å²) in [5.41, 5.74) is 2.04. The van der Waals surface area contributed by atoms with E-state index in [1.165, 1.54) is 6.07 Å². The lowest BCUT2D eigenvalue weighted by atomic mass is 10.1. The van der Waals surface area contributed by atoms with Crippen molar-refractivity contribution in [1.29, 1.82) is 0 Å². The van der Waals surface area contributed by atoms with Crippen molar-refractivity contribution in [1.82, 2.24) is 0 Å². The Balaban J connectivity index is 1.61.